The molecule has 0 aliphatic heterocycles. The summed E-state index contributed by atoms with van der Waals surface area (Å²) in [7, 11) is -2.91. The van der Waals surface area contributed by atoms with E-state index in [1.165, 1.54) is 0 Å². The predicted molar refractivity (Wildman–Crippen MR) is 132 cm³/mol. The average Bonchev–Trinajstić information content (AvgIpc) is 2.85. The molecule has 0 amide bonds. The highest BCUT2D eigenvalue weighted by atomic mass is 31.2. The number of hydrogen-bond acceptors (Lipinski definition) is 3. The molecule has 0 heterocycles. The van der Waals surface area contributed by atoms with Crippen LogP contribution < -0.4 is 16.0 Å². The predicted octanol–water partition coefficient (Wildman–Crippen LogP) is 5.71. The molecule has 0 aliphatic rings. The lowest BCUT2D eigenvalue weighted by Gasteiger charge is -2.21. The van der Waals surface area contributed by atoms with Gasteiger partial charge in [-0.2, -0.15) is 5.10 Å². The second-order valence-corrected chi connectivity index (χ2v) is 10.2. The van der Waals surface area contributed by atoms with Gasteiger partial charge in [0.25, 0.3) is 0 Å². The number of para-hydroxylation sites is 1. The molecule has 3 nitrogen and oxygen atoms in total. The molecule has 4 heteroatoms. The monoisotopic (exact) mass is 424 g/mol. The van der Waals surface area contributed by atoms with Crippen molar-refractivity contribution >= 4 is 29.2 Å². The molecule has 0 atom stereocenters. The summed E-state index contributed by atoms with van der Waals surface area (Å²) in [6.45, 7) is 0. The van der Waals surface area contributed by atoms with E-state index in [0.29, 0.717) is 12.6 Å². The van der Waals surface area contributed by atoms with Crippen LogP contribution in [0.2, 0.25) is 0 Å². The van der Waals surface area contributed by atoms with Crippen molar-refractivity contribution in [3.05, 3.63) is 127 Å². The number of nitrogens with one attached hydrogen (secondary N) is 1. The summed E-state index contributed by atoms with van der Waals surface area (Å²) in [5.41, 5.74) is 6.06. The van der Waals surface area contributed by atoms with Gasteiger partial charge in [0, 0.05) is 23.2 Å². The van der Waals surface area contributed by atoms with Crippen LogP contribution in [0.1, 0.15) is 5.56 Å². The Kier molecular flexibility index (Phi) is 6.76. The van der Waals surface area contributed by atoms with Gasteiger partial charge in [0.1, 0.15) is 7.14 Å². The van der Waals surface area contributed by atoms with Gasteiger partial charge >= 0.3 is 0 Å². The van der Waals surface area contributed by atoms with Crippen LogP contribution in [-0.4, -0.2) is 11.9 Å². The highest BCUT2D eigenvalue weighted by Gasteiger charge is 2.29. The van der Waals surface area contributed by atoms with Crippen molar-refractivity contribution in [3.8, 4) is 0 Å². The highest BCUT2D eigenvalue weighted by Crippen LogP contribution is 2.43. The van der Waals surface area contributed by atoms with E-state index in [4.69, 9.17) is 5.10 Å². The fraction of sp³-hybridized carbons (Fsp3) is 0.0741. The summed E-state index contributed by atoms with van der Waals surface area (Å²) in [6, 6.07) is 39.6. The van der Waals surface area contributed by atoms with Crippen LogP contribution in [0, 0.1) is 0 Å². The van der Waals surface area contributed by atoms with Gasteiger partial charge in [-0.15, -0.1) is 0 Å². The molecule has 4 aromatic rings. The first-order chi connectivity index (χ1) is 15.2. The summed E-state index contributed by atoms with van der Waals surface area (Å²) < 4.78 is 14.5. The fourth-order valence-corrected chi connectivity index (χ4v) is 6.21. The summed E-state index contributed by atoms with van der Waals surface area (Å²) >= 11 is 0. The lowest BCUT2D eigenvalue weighted by atomic mass is 10.1. The minimum atomic E-state index is -2.91. The summed E-state index contributed by atoms with van der Waals surface area (Å²) in [6.07, 6.45) is 1.00. The van der Waals surface area contributed by atoms with E-state index in [2.05, 4.69) is 17.6 Å². The molecule has 1 N–H and O–H groups in total. The molecule has 31 heavy (non-hydrogen) atoms. The third-order valence-corrected chi connectivity index (χ3v) is 8.19. The van der Waals surface area contributed by atoms with Gasteiger partial charge in [-0.25, -0.2) is 0 Å². The lowest BCUT2D eigenvalue weighted by molar-refractivity contribution is 0.589. The largest absolute Gasteiger partial charge is 0.313 e. The zero-order chi connectivity index (χ0) is 21.4. The van der Waals surface area contributed by atoms with E-state index in [-0.39, 0.29) is 0 Å². The maximum Gasteiger partial charge on any atom is 0.148 e. The summed E-state index contributed by atoms with van der Waals surface area (Å²) in [5, 5.41) is 6.42. The third kappa shape index (κ3) is 5.39. The fourth-order valence-electron chi connectivity index (χ4n) is 3.54. The van der Waals surface area contributed by atoms with Crippen LogP contribution in [0.25, 0.3) is 0 Å². The Morgan fingerprint density at radius 2 is 1.10 bits per heavy atom. The number of nitrogens with zero attached hydrogens (tertiary/aromatic N) is 1. The average molecular weight is 424 g/mol. The number of benzene rings is 4. The van der Waals surface area contributed by atoms with E-state index in [1.807, 2.05) is 109 Å². The minimum absolute atomic E-state index is 0.371. The minimum Gasteiger partial charge on any atom is -0.313 e. The van der Waals surface area contributed by atoms with Crippen molar-refractivity contribution < 1.29 is 4.57 Å². The zero-order valence-electron chi connectivity index (χ0n) is 17.3. The molecule has 0 saturated carbocycles. The van der Waals surface area contributed by atoms with Crippen molar-refractivity contribution in [1.29, 1.82) is 0 Å². The van der Waals surface area contributed by atoms with Crippen LogP contribution in [-0.2, 0) is 11.0 Å². The molecule has 0 spiro atoms. The van der Waals surface area contributed by atoms with Gasteiger partial charge in [-0.05, 0) is 17.7 Å². The molecule has 0 aliphatic carbocycles. The van der Waals surface area contributed by atoms with E-state index in [1.54, 1.807) is 0 Å². The Labute approximate surface area is 183 Å². The zero-order valence-corrected chi connectivity index (χ0v) is 18.2. The quantitative estimate of drug-likeness (QED) is 0.224. The van der Waals surface area contributed by atoms with E-state index < -0.39 is 7.14 Å². The number of hydrazone groups is 1. The van der Waals surface area contributed by atoms with Crippen LogP contribution in [0.4, 0.5) is 5.69 Å². The molecule has 0 bridgehead atoms. The second-order valence-electron chi connectivity index (χ2n) is 7.39. The summed E-state index contributed by atoms with van der Waals surface area (Å²) in [5.74, 6) is 0. The van der Waals surface area contributed by atoms with Gasteiger partial charge < -0.3 is 4.57 Å². The van der Waals surface area contributed by atoms with Gasteiger partial charge in [0.2, 0.25) is 0 Å². The van der Waals surface area contributed by atoms with Crippen LogP contribution in [0.5, 0.6) is 0 Å². The number of anilines is 1. The summed E-state index contributed by atoms with van der Waals surface area (Å²) in [4.78, 5) is 0. The standard InChI is InChI=1S/C27H25N2OP/c30-31(26-17-9-3-10-18-26,27-19-11-4-12-20-27)22-25(21-23-13-5-1-6-14-23)29-28-24-15-7-2-8-16-24/h1-20,28H,21-22H2/b29-25-. The third-order valence-electron chi connectivity index (χ3n) is 5.12. The normalized spacial score (nSPS) is 11.8. The van der Waals surface area contributed by atoms with E-state index >= 15 is 0 Å². The number of hydrogen-bond donors (Lipinski definition) is 1. The number of rotatable bonds is 8. The van der Waals surface area contributed by atoms with Crippen LogP contribution >= 0.6 is 7.14 Å². The second kappa shape index (κ2) is 10.1. The maximum absolute atomic E-state index is 14.5. The molecular weight excluding hydrogens is 399 g/mol. The van der Waals surface area contributed by atoms with E-state index in [9.17, 15) is 4.57 Å². The molecular formula is C27H25N2OP. The molecule has 0 unspecified atom stereocenters. The topological polar surface area (TPSA) is 41.5 Å². The maximum atomic E-state index is 14.5. The van der Waals surface area contributed by atoms with Crippen LogP contribution in [0.15, 0.2) is 126 Å². The molecule has 0 fully saturated rings. The van der Waals surface area contributed by atoms with Crippen molar-refractivity contribution in [2.75, 3.05) is 11.6 Å². The Morgan fingerprint density at radius 1 is 0.645 bits per heavy atom. The van der Waals surface area contributed by atoms with Crippen molar-refractivity contribution in [3.63, 3.8) is 0 Å². The first kappa shape index (κ1) is 20.8. The van der Waals surface area contributed by atoms with E-state index in [0.717, 1.165) is 27.6 Å². The van der Waals surface area contributed by atoms with Crippen LogP contribution in [0.3, 0.4) is 0 Å². The Bertz CT molecular complexity index is 1120. The molecule has 0 radical (unpaired) electrons. The van der Waals surface area contributed by atoms with Gasteiger partial charge in [-0.3, -0.25) is 5.43 Å². The van der Waals surface area contributed by atoms with Gasteiger partial charge in [0.15, 0.2) is 0 Å². The first-order valence-electron chi connectivity index (χ1n) is 10.3. The van der Waals surface area contributed by atoms with Gasteiger partial charge in [-0.1, -0.05) is 109 Å². The van der Waals surface area contributed by atoms with Crippen molar-refractivity contribution in [2.24, 2.45) is 5.10 Å². The Hall–Kier alpha value is -3.42. The molecule has 0 aromatic heterocycles. The molecule has 0 saturated heterocycles. The smallest absolute Gasteiger partial charge is 0.148 e. The highest BCUT2D eigenvalue weighted by molar-refractivity contribution is 7.79. The SMILES string of the molecule is O=P(C/C(Cc1ccccc1)=N\Nc1ccccc1)(c1ccccc1)c1ccccc1. The lowest BCUT2D eigenvalue weighted by Crippen LogP contribution is -2.24. The first-order valence-corrected chi connectivity index (χ1v) is 12.2. The van der Waals surface area contributed by atoms with Gasteiger partial charge in [0.05, 0.1) is 11.4 Å². The molecule has 4 rings (SSSR count). The molecule has 154 valence electrons. The van der Waals surface area contributed by atoms with Crippen molar-refractivity contribution in [1.82, 2.24) is 0 Å². The molecule has 4 aromatic carbocycles. The Morgan fingerprint density at radius 3 is 1.61 bits per heavy atom. The Balaban J connectivity index is 1.72. The van der Waals surface area contributed by atoms with Crippen molar-refractivity contribution in [2.45, 2.75) is 6.42 Å².